The van der Waals surface area contributed by atoms with E-state index in [1.54, 1.807) is 32.9 Å². The van der Waals surface area contributed by atoms with Crippen LogP contribution in [0.4, 0.5) is 4.79 Å². The monoisotopic (exact) mass is 506 g/mol. The van der Waals surface area contributed by atoms with Gasteiger partial charge in [0.2, 0.25) is 11.8 Å². The largest absolute Gasteiger partial charge is 0.444 e. The Labute approximate surface area is 217 Å². The van der Waals surface area contributed by atoms with Gasteiger partial charge in [0, 0.05) is 12.6 Å². The summed E-state index contributed by atoms with van der Waals surface area (Å²) in [6.45, 7) is 8.85. The minimum atomic E-state index is -1.45. The molecule has 0 heterocycles. The van der Waals surface area contributed by atoms with E-state index in [4.69, 9.17) is 16.9 Å². The third-order valence-corrected chi connectivity index (χ3v) is 5.53. The lowest BCUT2D eigenvalue weighted by Crippen LogP contribution is -2.52. The molecule has 0 aliphatic carbocycles. The first-order valence-electron chi connectivity index (χ1n) is 11.8. The molecule has 2 atom stereocenters. The quantitative estimate of drug-likeness (QED) is 0.356. The summed E-state index contributed by atoms with van der Waals surface area (Å²) >= 11 is 0. The molecule has 4 N–H and O–H groups in total. The van der Waals surface area contributed by atoms with Gasteiger partial charge in [0.15, 0.2) is 0 Å². The average molecular weight is 507 g/mol. The maximum atomic E-state index is 13.6. The number of carbonyl (C=O) groups is 4. The summed E-state index contributed by atoms with van der Waals surface area (Å²) in [5.74, 6) is -2.23. The number of hydrogen-bond acceptors (Lipinski definition) is 5. The molecule has 2 aromatic carbocycles. The zero-order valence-electron chi connectivity index (χ0n) is 21.8. The smallest absolute Gasteiger partial charge is 0.408 e. The number of nitrogens with two attached hydrogens (primary N) is 1. The Bertz CT molecular complexity index is 1180. The molecule has 37 heavy (non-hydrogen) atoms. The summed E-state index contributed by atoms with van der Waals surface area (Å²) in [6, 6.07) is 14.2. The lowest BCUT2D eigenvalue weighted by Gasteiger charge is -2.31. The fraction of sp³-hybridized carbons (Fsp3) is 0.357. The molecule has 0 spiro atoms. The maximum absolute atomic E-state index is 13.6. The van der Waals surface area contributed by atoms with E-state index in [-0.39, 0.29) is 6.54 Å². The van der Waals surface area contributed by atoms with Crippen LogP contribution in [0, 0.1) is 26.3 Å². The van der Waals surface area contributed by atoms with Gasteiger partial charge in [-0.1, -0.05) is 55.0 Å². The molecule has 9 nitrogen and oxygen atoms in total. The molecule has 2 aromatic rings. The summed E-state index contributed by atoms with van der Waals surface area (Å²) in [7, 11) is 0. The number of amides is 4. The van der Waals surface area contributed by atoms with Crippen molar-refractivity contribution in [2.75, 3.05) is 0 Å². The van der Waals surface area contributed by atoms with Crippen LogP contribution in [0.2, 0.25) is 0 Å². The Hall–Kier alpha value is -4.32. The van der Waals surface area contributed by atoms with Crippen molar-refractivity contribution < 1.29 is 23.9 Å². The van der Waals surface area contributed by atoms with Gasteiger partial charge in [0.25, 0.3) is 5.91 Å². The predicted molar refractivity (Wildman–Crippen MR) is 140 cm³/mol. The van der Waals surface area contributed by atoms with Crippen molar-refractivity contribution in [1.82, 2.24) is 15.5 Å². The standard InChI is InChI=1S/C28H34N4O5/c1-7-32(26(35)22(16-23(29)33)31-27(36)37-28(4,5)6)24(21-15-11-12-18(2)19(21)3)25(34)30-17-20-13-9-8-10-14-20/h1,8-15,22,24H,16-17H2,2-6H3,(H2,29,33)(H,30,34)(H,31,36). The van der Waals surface area contributed by atoms with Crippen LogP contribution in [-0.4, -0.2) is 40.4 Å². The first kappa shape index (κ1) is 28.9. The van der Waals surface area contributed by atoms with E-state index in [0.717, 1.165) is 21.6 Å². The van der Waals surface area contributed by atoms with E-state index in [2.05, 4.69) is 16.7 Å². The van der Waals surface area contributed by atoms with Gasteiger partial charge in [0.05, 0.1) is 6.42 Å². The second-order valence-corrected chi connectivity index (χ2v) is 9.60. The predicted octanol–water partition coefficient (Wildman–Crippen LogP) is 2.85. The molecule has 0 bridgehead atoms. The Balaban J connectivity index is 2.46. The first-order valence-corrected chi connectivity index (χ1v) is 11.8. The lowest BCUT2D eigenvalue weighted by atomic mass is 9.95. The van der Waals surface area contributed by atoms with Crippen LogP contribution in [-0.2, 0) is 25.7 Å². The fourth-order valence-corrected chi connectivity index (χ4v) is 3.63. The molecule has 9 heteroatoms. The highest BCUT2D eigenvalue weighted by atomic mass is 16.6. The number of alkyl carbamates (subject to hydrolysis) is 1. The zero-order valence-corrected chi connectivity index (χ0v) is 21.8. The van der Waals surface area contributed by atoms with Crippen molar-refractivity contribution in [3.05, 3.63) is 70.8 Å². The SMILES string of the molecule is C#CN(C(=O)C(CC(N)=O)NC(=O)OC(C)(C)C)C(C(=O)NCc1ccccc1)c1cccc(C)c1C. The highest BCUT2D eigenvalue weighted by molar-refractivity contribution is 5.95. The van der Waals surface area contributed by atoms with Crippen molar-refractivity contribution in [1.29, 1.82) is 0 Å². The second kappa shape index (κ2) is 12.6. The number of rotatable bonds is 9. The van der Waals surface area contributed by atoms with Crippen LogP contribution in [0.25, 0.3) is 0 Å². The molecule has 196 valence electrons. The Morgan fingerprint density at radius 3 is 2.27 bits per heavy atom. The van der Waals surface area contributed by atoms with Gasteiger partial charge >= 0.3 is 6.09 Å². The summed E-state index contributed by atoms with van der Waals surface area (Å²) in [6.07, 6.45) is 4.29. The van der Waals surface area contributed by atoms with Gasteiger partial charge in [-0.05, 0) is 56.9 Å². The van der Waals surface area contributed by atoms with E-state index in [1.807, 2.05) is 50.2 Å². The maximum Gasteiger partial charge on any atom is 0.408 e. The van der Waals surface area contributed by atoms with Crippen molar-refractivity contribution in [3.8, 4) is 12.5 Å². The van der Waals surface area contributed by atoms with Crippen molar-refractivity contribution in [2.45, 2.75) is 65.3 Å². The Morgan fingerprint density at radius 1 is 1.05 bits per heavy atom. The first-order chi connectivity index (χ1) is 17.3. The van der Waals surface area contributed by atoms with Crippen LogP contribution in [0.15, 0.2) is 48.5 Å². The zero-order chi connectivity index (χ0) is 27.8. The van der Waals surface area contributed by atoms with E-state index in [0.29, 0.717) is 5.56 Å². The Kier molecular flexibility index (Phi) is 9.83. The average Bonchev–Trinajstić information content (AvgIpc) is 2.81. The molecule has 0 saturated heterocycles. The normalized spacial score (nSPS) is 12.4. The topological polar surface area (TPSA) is 131 Å². The number of terminal acetylenes is 1. The molecule has 0 aliphatic heterocycles. The molecule has 0 saturated carbocycles. The van der Waals surface area contributed by atoms with Crippen molar-refractivity contribution >= 4 is 23.8 Å². The Morgan fingerprint density at radius 2 is 1.70 bits per heavy atom. The number of carbonyl (C=O) groups excluding carboxylic acids is 4. The van der Waals surface area contributed by atoms with Crippen LogP contribution in [0.3, 0.4) is 0 Å². The van der Waals surface area contributed by atoms with Gasteiger partial charge < -0.3 is 21.1 Å². The van der Waals surface area contributed by atoms with Gasteiger partial charge in [0.1, 0.15) is 17.7 Å². The van der Waals surface area contributed by atoms with Gasteiger partial charge in [-0.25, -0.2) is 4.79 Å². The van der Waals surface area contributed by atoms with Crippen molar-refractivity contribution in [3.63, 3.8) is 0 Å². The number of nitrogens with zero attached hydrogens (tertiary/aromatic N) is 1. The molecule has 0 aliphatic rings. The highest BCUT2D eigenvalue weighted by Crippen LogP contribution is 2.27. The molecule has 2 unspecified atom stereocenters. The lowest BCUT2D eigenvalue weighted by molar-refractivity contribution is -0.139. The molecular formula is C28H34N4O5. The number of benzene rings is 2. The summed E-state index contributed by atoms with van der Waals surface area (Å²) < 4.78 is 5.22. The van der Waals surface area contributed by atoms with Crippen LogP contribution >= 0.6 is 0 Å². The summed E-state index contributed by atoms with van der Waals surface area (Å²) in [5.41, 5.74) is 7.51. The van der Waals surface area contributed by atoms with Crippen LogP contribution < -0.4 is 16.4 Å². The van der Waals surface area contributed by atoms with Crippen molar-refractivity contribution in [2.24, 2.45) is 5.73 Å². The second-order valence-electron chi connectivity index (χ2n) is 9.60. The number of ether oxygens (including phenoxy) is 1. The van der Waals surface area contributed by atoms with Gasteiger partial charge in [-0.2, -0.15) is 0 Å². The molecule has 0 radical (unpaired) electrons. The third-order valence-electron chi connectivity index (χ3n) is 5.53. The number of aryl methyl sites for hydroxylation is 1. The minimum absolute atomic E-state index is 0.203. The van der Waals surface area contributed by atoms with Gasteiger partial charge in [-0.15, -0.1) is 0 Å². The van der Waals surface area contributed by atoms with E-state index >= 15 is 0 Å². The minimum Gasteiger partial charge on any atom is -0.444 e. The number of nitrogens with one attached hydrogen (secondary N) is 2. The molecule has 0 fully saturated rings. The van der Waals surface area contributed by atoms with Crippen LogP contribution in [0.1, 0.15) is 55.5 Å². The number of primary amides is 1. The summed E-state index contributed by atoms with van der Waals surface area (Å²) in [5, 5.41) is 5.20. The van der Waals surface area contributed by atoms with Gasteiger partial charge in [-0.3, -0.25) is 19.3 Å². The fourth-order valence-electron chi connectivity index (χ4n) is 3.63. The highest BCUT2D eigenvalue weighted by Gasteiger charge is 2.37. The molecule has 0 aromatic heterocycles. The molecule has 4 amide bonds. The third kappa shape index (κ3) is 8.39. The van der Waals surface area contributed by atoms with Crippen LogP contribution in [0.5, 0.6) is 0 Å². The van der Waals surface area contributed by atoms with E-state index < -0.39 is 47.9 Å². The van der Waals surface area contributed by atoms with E-state index in [1.165, 1.54) is 0 Å². The molecule has 2 rings (SSSR count). The number of hydrogen-bond donors (Lipinski definition) is 3. The molecular weight excluding hydrogens is 472 g/mol. The summed E-state index contributed by atoms with van der Waals surface area (Å²) in [4.78, 5) is 52.2. The van der Waals surface area contributed by atoms with E-state index in [9.17, 15) is 19.2 Å².